The van der Waals surface area contributed by atoms with Crippen molar-refractivity contribution in [3.8, 4) is 11.1 Å². The van der Waals surface area contributed by atoms with E-state index in [-0.39, 0.29) is 38.6 Å². The molecule has 1 unspecified atom stereocenters. The van der Waals surface area contributed by atoms with Crippen LogP contribution in [0.3, 0.4) is 0 Å². The Balaban J connectivity index is 1.86. The Hall–Kier alpha value is -5.34. The fourth-order valence-electron chi connectivity index (χ4n) is 9.26. The molecule has 1 atom stereocenters. The summed E-state index contributed by atoms with van der Waals surface area (Å²) in [5, 5.41) is 0.153. The SMILES string of the molecule is Cc1cc(C)c(C(=O)c2cc(P(=O)(C(=O)c3c(C)cc(C)cc3C)C(=O)c3c(C)cc(C)cc3C)c(P)c(-c3ccccc3)c2C(=O)c2c(C)cc(C)cc2C)c(C)c1. The second-order valence-corrected chi connectivity index (χ2v) is 19.5. The fourth-order valence-corrected chi connectivity index (χ4v) is 12.9. The van der Waals surface area contributed by atoms with Gasteiger partial charge in [0.2, 0.25) is 18.2 Å². The number of aryl methyl sites for hydroxylation is 12. The summed E-state index contributed by atoms with van der Waals surface area (Å²) in [6.07, 6.45) is 0. The maximum atomic E-state index is 16.7. The Kier molecular flexibility index (Phi) is 12.0. The van der Waals surface area contributed by atoms with Crippen molar-refractivity contribution in [1.82, 2.24) is 0 Å². The Morgan fingerprint density at radius 2 is 0.746 bits per heavy atom. The first kappa shape index (κ1) is 43.2. The molecule has 0 aromatic heterocycles. The molecule has 0 bridgehead atoms. The van der Waals surface area contributed by atoms with Crippen molar-refractivity contribution in [2.24, 2.45) is 0 Å². The summed E-state index contributed by atoms with van der Waals surface area (Å²) in [6.45, 7) is 22.4. The zero-order valence-corrected chi connectivity index (χ0v) is 38.2. The van der Waals surface area contributed by atoms with Gasteiger partial charge in [-0.25, -0.2) is 0 Å². The van der Waals surface area contributed by atoms with Gasteiger partial charge in [-0.1, -0.05) is 101 Å². The molecule has 0 saturated carbocycles. The standard InChI is InChI=1S/C52H52O5P2/c1-27-18-31(5)42(32(6)19-27)48(53)40-26-41(50(58)46(39-16-14-13-15-17-39)47(40)49(54)43-33(7)20-28(2)21-34(43)8)59(57,51(55)44-35(9)22-29(3)23-36(44)10)52(56)45-37(11)24-30(4)25-38(45)12/h13-26H,58H2,1-12H3. The van der Waals surface area contributed by atoms with Crippen molar-refractivity contribution < 1.29 is 23.7 Å². The first-order chi connectivity index (χ1) is 27.7. The van der Waals surface area contributed by atoms with Gasteiger partial charge in [-0.3, -0.25) is 19.2 Å². The lowest BCUT2D eigenvalue weighted by molar-refractivity contribution is 0.100. The molecule has 0 aliphatic carbocycles. The fraction of sp³-hybridized carbons (Fsp3) is 0.231. The minimum absolute atomic E-state index is 0.0278. The van der Waals surface area contributed by atoms with E-state index in [1.807, 2.05) is 134 Å². The van der Waals surface area contributed by atoms with Crippen LogP contribution >= 0.6 is 16.4 Å². The molecule has 0 radical (unpaired) electrons. The van der Waals surface area contributed by atoms with E-state index >= 15 is 23.7 Å². The van der Waals surface area contributed by atoms with Gasteiger partial charge in [0.15, 0.2) is 11.6 Å². The predicted octanol–water partition coefficient (Wildman–Crippen LogP) is 11.7. The van der Waals surface area contributed by atoms with Crippen molar-refractivity contribution in [2.75, 3.05) is 0 Å². The number of hydrogen-bond donors (Lipinski definition) is 0. The van der Waals surface area contributed by atoms with Gasteiger partial charge in [0.05, 0.1) is 0 Å². The predicted molar refractivity (Wildman–Crippen MR) is 247 cm³/mol. The van der Waals surface area contributed by atoms with Crippen molar-refractivity contribution in [3.05, 3.63) is 185 Å². The molecule has 0 fully saturated rings. The van der Waals surface area contributed by atoms with Crippen LogP contribution < -0.4 is 10.6 Å². The highest BCUT2D eigenvalue weighted by Gasteiger charge is 2.47. The Morgan fingerprint density at radius 1 is 0.424 bits per heavy atom. The minimum Gasteiger partial charge on any atom is -0.302 e. The van der Waals surface area contributed by atoms with Gasteiger partial charge in [0, 0.05) is 44.2 Å². The van der Waals surface area contributed by atoms with Gasteiger partial charge in [-0.2, -0.15) is 0 Å². The van der Waals surface area contributed by atoms with E-state index in [1.165, 1.54) is 6.07 Å². The van der Waals surface area contributed by atoms with Crippen LogP contribution in [0.1, 0.15) is 119 Å². The maximum Gasteiger partial charge on any atom is 0.249 e. The lowest BCUT2D eigenvalue weighted by Gasteiger charge is -2.26. The minimum atomic E-state index is -4.92. The number of ketones is 2. The molecule has 0 heterocycles. The van der Waals surface area contributed by atoms with Crippen molar-refractivity contribution in [2.45, 2.75) is 83.1 Å². The summed E-state index contributed by atoms with van der Waals surface area (Å²) < 4.78 is 16.7. The zero-order chi connectivity index (χ0) is 43.4. The van der Waals surface area contributed by atoms with Crippen molar-refractivity contribution in [3.63, 3.8) is 0 Å². The van der Waals surface area contributed by atoms with Crippen LogP contribution in [0, 0.1) is 83.1 Å². The van der Waals surface area contributed by atoms with E-state index in [4.69, 9.17) is 0 Å². The number of carbonyl (C=O) groups excluding carboxylic acids is 4. The summed E-state index contributed by atoms with van der Waals surface area (Å²) in [7, 11) is -2.27. The third-order valence-corrected chi connectivity index (χ3v) is 14.9. The average molecular weight is 819 g/mol. The molecule has 6 rings (SSSR count). The smallest absolute Gasteiger partial charge is 0.249 e. The first-order valence-corrected chi connectivity index (χ1v) is 22.1. The summed E-state index contributed by atoms with van der Waals surface area (Å²) >= 11 is 0. The molecular weight excluding hydrogens is 767 g/mol. The van der Waals surface area contributed by atoms with Crippen LogP contribution in [0.4, 0.5) is 0 Å². The number of hydrogen-bond acceptors (Lipinski definition) is 5. The third-order valence-electron chi connectivity index (χ3n) is 11.4. The van der Waals surface area contributed by atoms with E-state index < -0.39 is 24.0 Å². The van der Waals surface area contributed by atoms with Gasteiger partial charge in [0.1, 0.15) is 0 Å². The molecule has 0 N–H and O–H groups in total. The summed E-state index contributed by atoms with van der Waals surface area (Å²) in [5.41, 5.74) is 9.63. The highest BCUT2D eigenvalue weighted by Crippen LogP contribution is 2.54. The number of carbonyl (C=O) groups is 4. The van der Waals surface area contributed by atoms with Gasteiger partial charge < -0.3 is 4.57 Å². The van der Waals surface area contributed by atoms with Crippen molar-refractivity contribution in [1.29, 1.82) is 0 Å². The number of benzene rings is 6. The highest BCUT2D eigenvalue weighted by molar-refractivity contribution is 8.01. The second-order valence-electron chi connectivity index (χ2n) is 16.4. The van der Waals surface area contributed by atoms with Crippen LogP contribution in [0.5, 0.6) is 0 Å². The molecule has 0 spiro atoms. The molecule has 5 nitrogen and oxygen atoms in total. The van der Waals surface area contributed by atoms with Gasteiger partial charge in [0.25, 0.3) is 0 Å². The van der Waals surface area contributed by atoms with E-state index in [0.717, 1.165) is 33.4 Å². The first-order valence-electron chi connectivity index (χ1n) is 19.8. The van der Waals surface area contributed by atoms with Gasteiger partial charge >= 0.3 is 0 Å². The summed E-state index contributed by atoms with van der Waals surface area (Å²) in [6, 6.07) is 25.7. The highest BCUT2D eigenvalue weighted by atomic mass is 31.2. The monoisotopic (exact) mass is 818 g/mol. The van der Waals surface area contributed by atoms with Crippen LogP contribution in [0.2, 0.25) is 0 Å². The van der Waals surface area contributed by atoms with Crippen molar-refractivity contribution >= 4 is 49.6 Å². The lowest BCUT2D eigenvalue weighted by atomic mass is 9.83. The molecule has 7 heteroatoms. The van der Waals surface area contributed by atoms with Gasteiger partial charge in [-0.15, -0.1) is 9.24 Å². The lowest BCUT2D eigenvalue weighted by Crippen LogP contribution is -2.33. The largest absolute Gasteiger partial charge is 0.302 e. The molecule has 6 aromatic carbocycles. The second kappa shape index (κ2) is 16.4. The maximum absolute atomic E-state index is 16.7. The third kappa shape index (κ3) is 7.68. The van der Waals surface area contributed by atoms with E-state index in [1.54, 1.807) is 27.7 Å². The van der Waals surface area contributed by atoms with E-state index in [2.05, 4.69) is 9.24 Å². The van der Waals surface area contributed by atoms with E-state index in [9.17, 15) is 0 Å². The van der Waals surface area contributed by atoms with Crippen LogP contribution in [-0.4, -0.2) is 22.6 Å². The van der Waals surface area contributed by atoms with Crippen LogP contribution in [-0.2, 0) is 4.57 Å². The average Bonchev–Trinajstić information content (AvgIpc) is 3.12. The number of rotatable bonds is 10. The normalized spacial score (nSPS) is 11.5. The van der Waals surface area contributed by atoms with Gasteiger partial charge in [-0.05, 0) is 145 Å². The van der Waals surface area contributed by atoms with Crippen LogP contribution in [0.25, 0.3) is 11.1 Å². The molecule has 0 aliphatic rings. The summed E-state index contributed by atoms with van der Waals surface area (Å²) in [4.78, 5) is 62.1. The van der Waals surface area contributed by atoms with Crippen LogP contribution in [0.15, 0.2) is 84.9 Å². The van der Waals surface area contributed by atoms with E-state index in [0.29, 0.717) is 55.6 Å². The summed E-state index contributed by atoms with van der Waals surface area (Å²) in [5.74, 6) is -0.853. The Morgan fingerprint density at radius 3 is 1.10 bits per heavy atom. The Bertz CT molecular complexity index is 2680. The molecule has 0 amide bonds. The molecular formula is C52H52O5P2. The Labute approximate surface area is 351 Å². The molecule has 0 saturated heterocycles. The quantitative estimate of drug-likeness (QED) is 0.101. The molecule has 59 heavy (non-hydrogen) atoms. The zero-order valence-electron chi connectivity index (χ0n) is 36.1. The molecule has 0 aliphatic heterocycles. The molecule has 6 aromatic rings. The molecule has 300 valence electrons. The topological polar surface area (TPSA) is 85.3 Å².